The van der Waals surface area contributed by atoms with Crippen molar-refractivity contribution in [3.05, 3.63) is 53.1 Å². The number of carbonyl (C=O) groups is 1. The molecule has 124 valence electrons. The smallest absolute Gasteiger partial charge is 0.338 e. The van der Waals surface area contributed by atoms with Crippen LogP contribution in [-0.2, 0) is 9.53 Å². The van der Waals surface area contributed by atoms with Gasteiger partial charge in [-0.3, -0.25) is 0 Å². The van der Waals surface area contributed by atoms with Crippen molar-refractivity contribution in [2.45, 2.75) is 33.0 Å². The van der Waals surface area contributed by atoms with Crippen LogP contribution < -0.4 is 0 Å². The zero-order valence-electron chi connectivity index (χ0n) is 13.3. The van der Waals surface area contributed by atoms with Crippen LogP contribution in [0.5, 0.6) is 0 Å². The Morgan fingerprint density at radius 2 is 2.00 bits per heavy atom. The van der Waals surface area contributed by atoms with Gasteiger partial charge in [0.1, 0.15) is 11.9 Å². The first-order chi connectivity index (χ1) is 10.9. The molecular formula is C17H20FNO4. The Balaban J connectivity index is 2.39. The third-order valence-electron chi connectivity index (χ3n) is 3.68. The fourth-order valence-corrected chi connectivity index (χ4v) is 2.63. The maximum atomic E-state index is 13.4. The summed E-state index contributed by atoms with van der Waals surface area (Å²) in [7, 11) is 0. The molecule has 2 unspecified atom stereocenters. The Morgan fingerprint density at radius 1 is 1.30 bits per heavy atom. The molecule has 0 aliphatic heterocycles. The molecule has 2 rings (SSSR count). The van der Waals surface area contributed by atoms with E-state index in [-0.39, 0.29) is 12.4 Å². The molecular weight excluding hydrogens is 301 g/mol. The van der Waals surface area contributed by atoms with Gasteiger partial charge in [-0.05, 0) is 45.0 Å². The van der Waals surface area contributed by atoms with E-state index in [1.165, 1.54) is 12.1 Å². The Kier molecular flexibility index (Phi) is 5.18. The molecule has 1 aromatic carbocycles. The lowest BCUT2D eigenvalue weighted by Crippen LogP contribution is -2.30. The Bertz CT molecular complexity index is 711. The molecule has 0 aliphatic rings. The minimum atomic E-state index is -1.67. The molecule has 1 heterocycles. The highest BCUT2D eigenvalue weighted by Gasteiger charge is 2.30. The number of hydrogen-bond donors (Lipinski definition) is 2. The summed E-state index contributed by atoms with van der Waals surface area (Å²) in [5.41, 5.74) is 2.36. The van der Waals surface area contributed by atoms with E-state index in [0.29, 0.717) is 16.9 Å². The van der Waals surface area contributed by atoms with Gasteiger partial charge in [-0.25, -0.2) is 9.18 Å². The van der Waals surface area contributed by atoms with Gasteiger partial charge in [-0.1, -0.05) is 6.07 Å². The normalized spacial score (nSPS) is 13.7. The average molecular weight is 321 g/mol. The molecule has 0 saturated heterocycles. The number of aliphatic hydroxyl groups is 2. The van der Waals surface area contributed by atoms with Gasteiger partial charge >= 0.3 is 5.97 Å². The van der Waals surface area contributed by atoms with Gasteiger partial charge in [0.15, 0.2) is 6.10 Å². The molecule has 0 amide bonds. The minimum Gasteiger partial charge on any atom is -0.464 e. The van der Waals surface area contributed by atoms with Crippen molar-refractivity contribution in [1.82, 2.24) is 4.57 Å². The number of halogens is 1. The lowest BCUT2D eigenvalue weighted by molar-refractivity contribution is -0.159. The fraction of sp³-hybridized carbons (Fsp3) is 0.353. The highest BCUT2D eigenvalue weighted by Crippen LogP contribution is 2.28. The molecule has 5 nitrogen and oxygen atoms in total. The molecule has 0 fully saturated rings. The van der Waals surface area contributed by atoms with Crippen molar-refractivity contribution >= 4 is 5.97 Å². The van der Waals surface area contributed by atoms with Crippen LogP contribution in [-0.4, -0.2) is 33.5 Å². The number of benzene rings is 1. The van der Waals surface area contributed by atoms with E-state index >= 15 is 0 Å². The minimum absolute atomic E-state index is 0.116. The van der Waals surface area contributed by atoms with Crippen molar-refractivity contribution in [3.8, 4) is 5.69 Å². The summed E-state index contributed by atoms with van der Waals surface area (Å²) in [5.74, 6) is -1.25. The summed E-state index contributed by atoms with van der Waals surface area (Å²) in [4.78, 5) is 11.6. The number of aromatic nitrogens is 1. The monoisotopic (exact) mass is 321 g/mol. The summed E-state index contributed by atoms with van der Waals surface area (Å²) in [6.45, 7) is 5.26. The third-order valence-corrected chi connectivity index (χ3v) is 3.68. The summed E-state index contributed by atoms with van der Waals surface area (Å²) < 4.78 is 19.9. The van der Waals surface area contributed by atoms with Gasteiger partial charge in [0.05, 0.1) is 6.61 Å². The van der Waals surface area contributed by atoms with E-state index in [2.05, 4.69) is 0 Å². The molecule has 0 aliphatic carbocycles. The summed E-state index contributed by atoms with van der Waals surface area (Å²) in [6.07, 6.45) is -3.08. The summed E-state index contributed by atoms with van der Waals surface area (Å²) in [5, 5.41) is 20.2. The number of esters is 1. The van der Waals surface area contributed by atoms with Gasteiger partial charge in [0.25, 0.3) is 0 Å². The van der Waals surface area contributed by atoms with Gasteiger partial charge in [-0.2, -0.15) is 0 Å². The van der Waals surface area contributed by atoms with Crippen molar-refractivity contribution in [3.63, 3.8) is 0 Å². The van der Waals surface area contributed by atoms with E-state index in [9.17, 15) is 19.4 Å². The van der Waals surface area contributed by atoms with Crippen LogP contribution in [0.3, 0.4) is 0 Å². The highest BCUT2D eigenvalue weighted by molar-refractivity contribution is 5.75. The van der Waals surface area contributed by atoms with Crippen LogP contribution in [0, 0.1) is 19.7 Å². The van der Waals surface area contributed by atoms with Crippen LogP contribution in [0.1, 0.15) is 30.0 Å². The maximum absolute atomic E-state index is 13.4. The fourth-order valence-electron chi connectivity index (χ4n) is 2.63. The number of nitrogens with zero attached hydrogens (tertiary/aromatic N) is 1. The Labute approximate surface area is 133 Å². The number of aliphatic hydroxyl groups excluding tert-OH is 2. The van der Waals surface area contributed by atoms with Crippen LogP contribution >= 0.6 is 0 Å². The van der Waals surface area contributed by atoms with Gasteiger partial charge in [0, 0.05) is 22.6 Å². The second-order valence-corrected chi connectivity index (χ2v) is 5.28. The molecule has 0 bridgehead atoms. The van der Waals surface area contributed by atoms with Crippen molar-refractivity contribution < 1.29 is 24.1 Å². The molecule has 2 N–H and O–H groups in total. The number of carbonyl (C=O) groups excluding carboxylic acids is 1. The van der Waals surface area contributed by atoms with Crippen molar-refractivity contribution in [1.29, 1.82) is 0 Å². The van der Waals surface area contributed by atoms with Crippen molar-refractivity contribution in [2.24, 2.45) is 0 Å². The molecule has 23 heavy (non-hydrogen) atoms. The van der Waals surface area contributed by atoms with Crippen LogP contribution in [0.25, 0.3) is 5.69 Å². The summed E-state index contributed by atoms with van der Waals surface area (Å²) in [6, 6.07) is 7.71. The highest BCUT2D eigenvalue weighted by atomic mass is 19.1. The van der Waals surface area contributed by atoms with Gasteiger partial charge in [0.2, 0.25) is 0 Å². The quantitative estimate of drug-likeness (QED) is 0.828. The molecule has 1 aromatic heterocycles. The van der Waals surface area contributed by atoms with E-state index in [4.69, 9.17) is 4.74 Å². The first-order valence-corrected chi connectivity index (χ1v) is 7.34. The average Bonchev–Trinajstić information content (AvgIpc) is 2.80. The SMILES string of the molecule is CCOC(=O)C(O)C(O)c1cc(C)n(-c2cccc(F)c2)c1C. The third kappa shape index (κ3) is 3.43. The van der Waals surface area contributed by atoms with Crippen molar-refractivity contribution in [2.75, 3.05) is 6.61 Å². The predicted molar refractivity (Wildman–Crippen MR) is 82.8 cm³/mol. The van der Waals surface area contributed by atoms with Gasteiger partial charge < -0.3 is 19.5 Å². The molecule has 6 heteroatoms. The lowest BCUT2D eigenvalue weighted by atomic mass is 10.0. The molecule has 0 radical (unpaired) electrons. The number of ether oxygens (including phenoxy) is 1. The summed E-state index contributed by atoms with van der Waals surface area (Å²) >= 11 is 0. The van der Waals surface area contributed by atoms with Gasteiger partial charge in [-0.15, -0.1) is 0 Å². The molecule has 0 saturated carbocycles. The van der Waals surface area contributed by atoms with E-state index in [1.54, 1.807) is 43.5 Å². The largest absolute Gasteiger partial charge is 0.464 e. The molecule has 0 spiro atoms. The van der Waals surface area contributed by atoms with Crippen LogP contribution in [0.2, 0.25) is 0 Å². The van der Waals surface area contributed by atoms with Crippen LogP contribution in [0.15, 0.2) is 30.3 Å². The van der Waals surface area contributed by atoms with E-state index in [1.807, 2.05) is 0 Å². The van der Waals surface area contributed by atoms with E-state index in [0.717, 1.165) is 5.69 Å². The number of aryl methyl sites for hydroxylation is 1. The second kappa shape index (κ2) is 6.93. The first kappa shape index (κ1) is 17.2. The topological polar surface area (TPSA) is 71.7 Å². The van der Waals surface area contributed by atoms with E-state index < -0.39 is 18.2 Å². The second-order valence-electron chi connectivity index (χ2n) is 5.28. The zero-order valence-corrected chi connectivity index (χ0v) is 13.3. The zero-order chi connectivity index (χ0) is 17.1. The Morgan fingerprint density at radius 3 is 2.61 bits per heavy atom. The maximum Gasteiger partial charge on any atom is 0.338 e. The standard InChI is InChI=1S/C17H20FNO4/c1-4-23-17(22)16(21)15(20)14-8-10(2)19(11(14)3)13-7-5-6-12(18)9-13/h5-9,15-16,20-21H,4H2,1-3H3. The first-order valence-electron chi connectivity index (χ1n) is 7.34. The lowest BCUT2D eigenvalue weighted by Gasteiger charge is -2.17. The molecule has 2 aromatic rings. The Hall–Kier alpha value is -2.18. The van der Waals surface area contributed by atoms with Crippen LogP contribution in [0.4, 0.5) is 4.39 Å². The number of hydrogen-bond acceptors (Lipinski definition) is 4. The molecule has 2 atom stereocenters. The predicted octanol–water partition coefficient (Wildman–Crippen LogP) is 2.19. The number of rotatable bonds is 5.